The molecule has 2 heterocycles. The predicted octanol–water partition coefficient (Wildman–Crippen LogP) is 4.15. The summed E-state index contributed by atoms with van der Waals surface area (Å²) in [6.45, 7) is 2.11. The molecule has 0 fully saturated rings. The number of benzene rings is 1. The largest absolute Gasteiger partial charge is 0.283 e. The average molecular weight is 347 g/mol. The van der Waals surface area contributed by atoms with Crippen LogP contribution in [0.2, 0.25) is 5.02 Å². The molecule has 1 aromatic carbocycles. The molecule has 3 rings (SSSR count). The summed E-state index contributed by atoms with van der Waals surface area (Å²) in [6.07, 6.45) is 4.59. The van der Waals surface area contributed by atoms with Crippen LogP contribution in [0, 0.1) is 5.41 Å². The van der Waals surface area contributed by atoms with E-state index in [2.05, 4.69) is 17.0 Å². The van der Waals surface area contributed by atoms with Crippen molar-refractivity contribution >= 4 is 51.4 Å². The Kier molecular flexibility index (Phi) is 4.63. The molecule has 1 aromatic rings. The molecule has 0 bridgehead atoms. The number of carbonyl (C=O) groups excluding carboxylic acids is 1. The van der Waals surface area contributed by atoms with Crippen LogP contribution < -0.4 is 0 Å². The Morgan fingerprint density at radius 3 is 2.78 bits per heavy atom. The Labute approximate surface area is 143 Å². The molecule has 0 saturated heterocycles. The van der Waals surface area contributed by atoms with Crippen LogP contribution in [0.25, 0.3) is 6.08 Å². The minimum absolute atomic E-state index is 0.0638. The third-order valence-corrected chi connectivity index (χ3v) is 4.64. The van der Waals surface area contributed by atoms with Crippen molar-refractivity contribution in [1.82, 2.24) is 5.01 Å². The van der Waals surface area contributed by atoms with Gasteiger partial charge in [0.05, 0.1) is 5.57 Å². The van der Waals surface area contributed by atoms with Crippen LogP contribution in [-0.4, -0.2) is 27.0 Å². The molecular formula is C16H15ClN4OS. The van der Waals surface area contributed by atoms with E-state index in [1.807, 2.05) is 0 Å². The van der Waals surface area contributed by atoms with E-state index in [0.29, 0.717) is 10.2 Å². The molecule has 5 nitrogen and oxygen atoms in total. The Balaban J connectivity index is 1.88. The quantitative estimate of drug-likeness (QED) is 0.832. The van der Waals surface area contributed by atoms with E-state index in [-0.39, 0.29) is 11.4 Å². The molecule has 0 aromatic heterocycles. The smallest absolute Gasteiger partial charge is 0.282 e. The Morgan fingerprint density at radius 1 is 1.35 bits per heavy atom. The number of hydrogen-bond acceptors (Lipinski definition) is 4. The maximum Gasteiger partial charge on any atom is 0.283 e. The van der Waals surface area contributed by atoms with E-state index < -0.39 is 5.91 Å². The summed E-state index contributed by atoms with van der Waals surface area (Å²) >= 11 is 7.23. The van der Waals surface area contributed by atoms with Crippen LogP contribution in [-0.2, 0) is 4.79 Å². The van der Waals surface area contributed by atoms with Crippen LogP contribution in [0.3, 0.4) is 0 Å². The Morgan fingerprint density at radius 2 is 2.09 bits per heavy atom. The number of carbonyl (C=O) groups is 1. The summed E-state index contributed by atoms with van der Waals surface area (Å²) < 4.78 is 0. The lowest BCUT2D eigenvalue weighted by atomic mass is 10.1. The fourth-order valence-corrected chi connectivity index (χ4v) is 3.24. The van der Waals surface area contributed by atoms with E-state index in [4.69, 9.17) is 17.0 Å². The first-order valence-corrected chi connectivity index (χ1v) is 8.52. The third kappa shape index (κ3) is 3.38. The van der Waals surface area contributed by atoms with Crippen LogP contribution in [0.15, 0.2) is 39.9 Å². The van der Waals surface area contributed by atoms with Crippen molar-refractivity contribution in [3.8, 4) is 0 Å². The van der Waals surface area contributed by atoms with Gasteiger partial charge in [-0.1, -0.05) is 37.1 Å². The molecule has 7 heteroatoms. The fourth-order valence-electron chi connectivity index (χ4n) is 2.19. The van der Waals surface area contributed by atoms with Gasteiger partial charge in [0.1, 0.15) is 5.04 Å². The molecular weight excluding hydrogens is 332 g/mol. The highest BCUT2D eigenvalue weighted by atomic mass is 35.5. The van der Waals surface area contributed by atoms with Crippen molar-refractivity contribution in [3.05, 3.63) is 40.4 Å². The van der Waals surface area contributed by atoms with Gasteiger partial charge in [-0.3, -0.25) is 10.2 Å². The Bertz CT molecular complexity index is 752. The molecule has 2 aliphatic heterocycles. The zero-order valence-electron chi connectivity index (χ0n) is 12.5. The number of thioether (sulfide) groups is 1. The van der Waals surface area contributed by atoms with Gasteiger partial charge in [-0.2, -0.15) is 15.1 Å². The maximum absolute atomic E-state index is 12.2. The predicted molar refractivity (Wildman–Crippen MR) is 96.0 cm³/mol. The first kappa shape index (κ1) is 16.0. The van der Waals surface area contributed by atoms with Gasteiger partial charge in [-0.05, 0) is 48.4 Å². The molecule has 118 valence electrons. The molecule has 1 N–H and O–H groups in total. The monoisotopic (exact) mass is 346 g/mol. The zero-order valence-corrected chi connectivity index (χ0v) is 14.1. The van der Waals surface area contributed by atoms with Crippen molar-refractivity contribution in [2.45, 2.75) is 26.2 Å². The summed E-state index contributed by atoms with van der Waals surface area (Å²) in [5, 5.41) is 16.1. The summed E-state index contributed by atoms with van der Waals surface area (Å²) in [6, 6.07) is 7.08. The van der Waals surface area contributed by atoms with Crippen molar-refractivity contribution < 1.29 is 4.79 Å². The minimum atomic E-state index is -0.407. The average Bonchev–Trinajstić information content (AvgIpc) is 2.94. The number of amides is 1. The maximum atomic E-state index is 12.2. The van der Waals surface area contributed by atoms with Crippen molar-refractivity contribution in [1.29, 1.82) is 5.41 Å². The molecule has 1 amide bonds. The summed E-state index contributed by atoms with van der Waals surface area (Å²) in [5.74, 6) is -0.343. The second kappa shape index (κ2) is 6.68. The van der Waals surface area contributed by atoms with E-state index in [1.165, 1.54) is 16.8 Å². The number of aliphatic imine (C=N–C) groups is 1. The van der Waals surface area contributed by atoms with Gasteiger partial charge in [0.2, 0.25) is 5.17 Å². The number of nitrogens with zero attached hydrogens (tertiary/aromatic N) is 3. The highest BCUT2D eigenvalue weighted by Gasteiger charge is 2.35. The van der Waals surface area contributed by atoms with Crippen LogP contribution in [0.1, 0.15) is 31.7 Å². The van der Waals surface area contributed by atoms with Gasteiger partial charge in [0, 0.05) is 5.02 Å². The molecule has 0 spiro atoms. The van der Waals surface area contributed by atoms with Crippen LogP contribution >= 0.6 is 23.4 Å². The fraction of sp³-hybridized carbons (Fsp3) is 0.250. The molecule has 0 aliphatic carbocycles. The zero-order chi connectivity index (χ0) is 16.4. The van der Waals surface area contributed by atoms with E-state index >= 15 is 0 Å². The number of rotatable bonds is 4. The highest BCUT2D eigenvalue weighted by molar-refractivity contribution is 8.26. The number of nitrogens with one attached hydrogen (secondary N) is 1. The molecule has 0 saturated carbocycles. The lowest BCUT2D eigenvalue weighted by Crippen LogP contribution is -2.35. The Hall–Kier alpha value is -1.92. The first-order chi connectivity index (χ1) is 11.1. The number of amidine groups is 2. The number of halogens is 1. The normalized spacial score (nSPS) is 19.0. The summed E-state index contributed by atoms with van der Waals surface area (Å²) in [5.41, 5.74) is 1.03. The van der Waals surface area contributed by atoms with Gasteiger partial charge in [0.25, 0.3) is 5.91 Å². The second-order valence-corrected chi connectivity index (χ2v) is 6.65. The van der Waals surface area contributed by atoms with E-state index in [0.717, 1.165) is 29.9 Å². The lowest BCUT2D eigenvalue weighted by molar-refractivity contribution is -0.114. The van der Waals surface area contributed by atoms with E-state index in [1.54, 1.807) is 30.3 Å². The standard InChI is InChI=1S/C16H15ClN4OS/c1-2-3-4-13-20-21-14(18)12(15(22)19-16(21)23-13)9-10-5-7-11(17)8-6-10/h5-9,18H,2-4H2,1H3. The third-order valence-electron chi connectivity index (χ3n) is 3.42. The summed E-state index contributed by atoms with van der Waals surface area (Å²) in [4.78, 5) is 16.3. The number of hydrogen-bond donors (Lipinski definition) is 1. The minimum Gasteiger partial charge on any atom is -0.282 e. The number of fused-ring (bicyclic) bond motifs is 1. The molecule has 0 atom stereocenters. The number of hydrazone groups is 1. The second-order valence-electron chi connectivity index (χ2n) is 5.17. The first-order valence-electron chi connectivity index (χ1n) is 7.33. The van der Waals surface area contributed by atoms with Crippen LogP contribution in [0.5, 0.6) is 0 Å². The van der Waals surface area contributed by atoms with Crippen LogP contribution in [0.4, 0.5) is 0 Å². The molecule has 23 heavy (non-hydrogen) atoms. The topological polar surface area (TPSA) is 68.9 Å². The SMILES string of the molecule is CCCCC1=NN2C(=N)C(=Cc3ccc(Cl)cc3)C(=O)N=C2S1. The van der Waals surface area contributed by atoms with Gasteiger partial charge in [0.15, 0.2) is 5.84 Å². The number of unbranched alkanes of at least 4 members (excludes halogenated alkanes) is 1. The molecule has 0 unspecified atom stereocenters. The van der Waals surface area contributed by atoms with E-state index in [9.17, 15) is 4.79 Å². The van der Waals surface area contributed by atoms with Gasteiger partial charge >= 0.3 is 0 Å². The molecule has 2 aliphatic rings. The van der Waals surface area contributed by atoms with Gasteiger partial charge in [-0.25, -0.2) is 0 Å². The van der Waals surface area contributed by atoms with Crippen molar-refractivity contribution in [2.24, 2.45) is 10.1 Å². The molecule has 0 radical (unpaired) electrons. The highest BCUT2D eigenvalue weighted by Crippen LogP contribution is 2.30. The van der Waals surface area contributed by atoms with Gasteiger partial charge < -0.3 is 0 Å². The van der Waals surface area contributed by atoms with Crippen molar-refractivity contribution in [2.75, 3.05) is 0 Å². The van der Waals surface area contributed by atoms with Gasteiger partial charge in [-0.15, -0.1) is 0 Å². The summed E-state index contributed by atoms with van der Waals surface area (Å²) in [7, 11) is 0. The lowest BCUT2D eigenvalue weighted by Gasteiger charge is -2.20. The van der Waals surface area contributed by atoms with Crippen molar-refractivity contribution in [3.63, 3.8) is 0 Å².